The van der Waals surface area contributed by atoms with E-state index in [-0.39, 0.29) is 18.2 Å². The first kappa shape index (κ1) is 37.6. The Labute approximate surface area is 297 Å². The van der Waals surface area contributed by atoms with Gasteiger partial charge in [0.05, 0.1) is 11.8 Å². The zero-order valence-corrected chi connectivity index (χ0v) is 30.6. The van der Waals surface area contributed by atoms with E-state index in [0.717, 1.165) is 62.9 Å². The lowest BCUT2D eigenvalue weighted by Crippen LogP contribution is -2.48. The Bertz CT molecular complexity index is 1540. The maximum absolute atomic E-state index is 13.8. The lowest BCUT2D eigenvalue weighted by molar-refractivity contribution is -0.0193. The van der Waals surface area contributed by atoms with Crippen LogP contribution in [0.5, 0.6) is 5.75 Å². The van der Waals surface area contributed by atoms with E-state index in [1.807, 2.05) is 31.2 Å². The number of hydrogen-bond donors (Lipinski definition) is 1. The average Bonchev–Trinajstić information content (AvgIpc) is 3.09. The normalized spacial score (nSPS) is 25.5. The van der Waals surface area contributed by atoms with Gasteiger partial charge in [0, 0.05) is 70.3 Å². The van der Waals surface area contributed by atoms with Gasteiger partial charge in [-0.3, -0.25) is 4.79 Å². The molecule has 5 rings (SSSR count). The molecule has 2 aromatic carbocycles. The molecule has 0 aromatic heterocycles. The van der Waals surface area contributed by atoms with E-state index >= 15 is 0 Å². The van der Waals surface area contributed by atoms with Gasteiger partial charge in [0.2, 0.25) is 0 Å². The van der Waals surface area contributed by atoms with Gasteiger partial charge in [-0.25, -0.2) is 4.72 Å². The zero-order chi connectivity index (χ0) is 34.8. The summed E-state index contributed by atoms with van der Waals surface area (Å²) in [5, 5.41) is 0.709. The minimum atomic E-state index is -4.18. The third-order valence-electron chi connectivity index (χ3n) is 9.95. The number of carbonyl (C=O) groups excluding carboxylic acids is 1. The molecule has 0 spiro atoms. The second kappa shape index (κ2) is 18.0. The number of methoxy groups -OCH3 is 2. The number of halogens is 1. The Morgan fingerprint density at radius 3 is 2.59 bits per heavy atom. The number of ether oxygens (including phenoxy) is 4. The van der Waals surface area contributed by atoms with Gasteiger partial charge in [-0.2, -0.15) is 12.7 Å². The van der Waals surface area contributed by atoms with Crippen molar-refractivity contribution in [3.8, 4) is 5.75 Å². The molecular formula is C37H52ClN3O7S. The molecule has 2 aromatic rings. The van der Waals surface area contributed by atoms with Crippen molar-refractivity contribution in [2.45, 2.75) is 77.0 Å². The van der Waals surface area contributed by atoms with Crippen LogP contribution in [0.2, 0.25) is 5.02 Å². The average molecular weight is 718 g/mol. The van der Waals surface area contributed by atoms with Crippen molar-refractivity contribution in [1.82, 2.24) is 9.03 Å². The minimum Gasteiger partial charge on any atom is -0.487 e. The van der Waals surface area contributed by atoms with Crippen LogP contribution in [0.1, 0.15) is 73.4 Å². The smallest absolute Gasteiger partial charge is 0.304 e. The highest BCUT2D eigenvalue weighted by Gasteiger charge is 2.38. The van der Waals surface area contributed by atoms with Gasteiger partial charge in [0.15, 0.2) is 0 Å². The Kier molecular flexibility index (Phi) is 13.8. The number of nitrogens with one attached hydrogen (secondary N) is 1. The van der Waals surface area contributed by atoms with E-state index in [0.29, 0.717) is 61.9 Å². The van der Waals surface area contributed by atoms with Crippen LogP contribution < -0.4 is 14.4 Å². The zero-order valence-electron chi connectivity index (χ0n) is 29.1. The van der Waals surface area contributed by atoms with Crippen LogP contribution in [-0.4, -0.2) is 84.5 Å². The molecule has 1 fully saturated rings. The van der Waals surface area contributed by atoms with Gasteiger partial charge in [-0.15, -0.1) is 0 Å². The number of amides is 1. The fourth-order valence-electron chi connectivity index (χ4n) is 7.07. The van der Waals surface area contributed by atoms with Crippen molar-refractivity contribution in [3.63, 3.8) is 0 Å². The highest BCUT2D eigenvalue weighted by Crippen LogP contribution is 2.42. The summed E-state index contributed by atoms with van der Waals surface area (Å²) in [6, 6.07) is 10.8. The second-order valence-electron chi connectivity index (χ2n) is 13.4. The lowest BCUT2D eigenvalue weighted by Gasteiger charge is -2.44. The summed E-state index contributed by atoms with van der Waals surface area (Å²) < 4.78 is 54.8. The standard InChI is InChI=1S/C37H52ClN3O7S/c1-27-9-6-11-35(47-22-8-21-46-3)33-16-13-30(33)25-40-18-5-4-10-28-23-32(38)15-12-31(28)26-48-36-17-14-29(24-34(36)40)37(42)39-49(43,44)41(27)19-7-20-45-2/h6,11-12,14-15,17,23-24,27,30,33,35H,4-5,7-10,13,16,18-22,25-26H2,1-3H3,(H,39,42)/b11-6+/t27-,30-,33+,35?/m0/s1. The maximum atomic E-state index is 13.8. The minimum absolute atomic E-state index is 0.0980. The number of nitrogens with zero attached hydrogens (tertiary/aromatic N) is 2. The monoisotopic (exact) mass is 717 g/mol. The summed E-state index contributed by atoms with van der Waals surface area (Å²) >= 11 is 6.37. The molecule has 270 valence electrons. The van der Waals surface area contributed by atoms with Crippen LogP contribution in [0.3, 0.4) is 0 Å². The summed E-state index contributed by atoms with van der Waals surface area (Å²) in [6.07, 6.45) is 10.8. The predicted molar refractivity (Wildman–Crippen MR) is 193 cm³/mol. The van der Waals surface area contributed by atoms with Crippen LogP contribution in [0.15, 0.2) is 48.6 Å². The fourth-order valence-corrected chi connectivity index (χ4v) is 8.66. The maximum Gasteiger partial charge on any atom is 0.304 e. The molecule has 1 aliphatic carbocycles. The molecule has 1 saturated carbocycles. The molecule has 1 unspecified atom stereocenters. The van der Waals surface area contributed by atoms with Crippen LogP contribution >= 0.6 is 11.6 Å². The van der Waals surface area contributed by atoms with Crippen LogP contribution in [-0.2, 0) is 37.4 Å². The van der Waals surface area contributed by atoms with Gasteiger partial charge in [0.1, 0.15) is 12.4 Å². The van der Waals surface area contributed by atoms with Crippen molar-refractivity contribution in [1.29, 1.82) is 0 Å². The number of hydrogen-bond acceptors (Lipinski definition) is 8. The van der Waals surface area contributed by atoms with Crippen molar-refractivity contribution in [2.24, 2.45) is 11.8 Å². The number of anilines is 1. The summed E-state index contributed by atoms with van der Waals surface area (Å²) in [5.74, 6) is 0.666. The Hall–Kier alpha value is -2.67. The van der Waals surface area contributed by atoms with Crippen LogP contribution in [0.4, 0.5) is 5.69 Å². The number of benzene rings is 2. The summed E-state index contributed by atoms with van der Waals surface area (Å²) in [5.41, 5.74) is 3.31. The van der Waals surface area contributed by atoms with E-state index < -0.39 is 22.2 Å². The van der Waals surface area contributed by atoms with Gasteiger partial charge in [-0.05, 0) is 112 Å². The van der Waals surface area contributed by atoms with Gasteiger partial charge in [-0.1, -0.05) is 29.8 Å². The van der Waals surface area contributed by atoms with Crippen LogP contribution in [0, 0.1) is 11.8 Å². The Morgan fingerprint density at radius 1 is 1.00 bits per heavy atom. The molecule has 12 heteroatoms. The largest absolute Gasteiger partial charge is 0.487 e. The summed E-state index contributed by atoms with van der Waals surface area (Å²) in [4.78, 5) is 16.0. The van der Waals surface area contributed by atoms with Gasteiger partial charge < -0.3 is 23.8 Å². The first-order chi connectivity index (χ1) is 23.7. The number of carbonyl (C=O) groups is 1. The van der Waals surface area contributed by atoms with Gasteiger partial charge in [0.25, 0.3) is 5.91 Å². The van der Waals surface area contributed by atoms with E-state index in [1.54, 1.807) is 32.4 Å². The molecule has 0 saturated heterocycles. The molecule has 1 N–H and O–H groups in total. The number of aryl methyl sites for hydroxylation is 1. The fraction of sp³-hybridized carbons (Fsp3) is 0.595. The summed E-state index contributed by atoms with van der Waals surface area (Å²) in [7, 11) is -0.894. The van der Waals surface area contributed by atoms with E-state index in [4.69, 9.17) is 30.5 Å². The molecule has 2 aliphatic heterocycles. The second-order valence-corrected chi connectivity index (χ2v) is 15.4. The Balaban J connectivity index is 1.52. The van der Waals surface area contributed by atoms with Gasteiger partial charge >= 0.3 is 10.2 Å². The molecular weight excluding hydrogens is 666 g/mol. The molecule has 2 heterocycles. The third-order valence-corrected chi connectivity index (χ3v) is 11.8. The molecule has 49 heavy (non-hydrogen) atoms. The molecule has 2 bridgehead atoms. The molecule has 4 atom stereocenters. The molecule has 3 aliphatic rings. The Morgan fingerprint density at radius 2 is 1.82 bits per heavy atom. The van der Waals surface area contributed by atoms with E-state index in [1.165, 1.54) is 9.87 Å². The predicted octanol–water partition coefficient (Wildman–Crippen LogP) is 6.17. The third kappa shape index (κ3) is 9.98. The molecule has 0 radical (unpaired) electrons. The first-order valence-electron chi connectivity index (χ1n) is 17.6. The van der Waals surface area contributed by atoms with Crippen LogP contribution in [0.25, 0.3) is 0 Å². The van der Waals surface area contributed by atoms with Crippen molar-refractivity contribution in [2.75, 3.05) is 58.6 Å². The quantitative estimate of drug-likeness (QED) is 0.243. The topological polar surface area (TPSA) is 107 Å². The number of fused-ring (bicyclic) bond motifs is 3. The molecule has 1 amide bonds. The highest BCUT2D eigenvalue weighted by molar-refractivity contribution is 7.87. The summed E-state index contributed by atoms with van der Waals surface area (Å²) in [6.45, 7) is 5.59. The highest BCUT2D eigenvalue weighted by atomic mass is 35.5. The SMILES string of the molecule is COCCCOC1/C=C/C[C@H](C)N(CCCOC)S(=O)(=O)NC(=O)c2ccc3c(c2)N(CCCCc2cc(Cl)ccc2CO3)C[C@@H]2CC[C@@H]12. The first-order valence-corrected chi connectivity index (χ1v) is 19.4. The van der Waals surface area contributed by atoms with E-state index in [9.17, 15) is 13.2 Å². The van der Waals surface area contributed by atoms with Crippen molar-refractivity contribution >= 4 is 33.4 Å². The lowest BCUT2D eigenvalue weighted by atomic mass is 9.70. The number of rotatable bonds is 9. The van der Waals surface area contributed by atoms with Crippen molar-refractivity contribution in [3.05, 3.63) is 70.3 Å². The van der Waals surface area contributed by atoms with E-state index in [2.05, 4.69) is 15.7 Å². The van der Waals surface area contributed by atoms with Crippen molar-refractivity contribution < 1.29 is 32.2 Å². The molecule has 10 nitrogen and oxygen atoms in total.